The molecule has 11 heteroatoms. The molecule has 4 heterocycles. The van der Waals surface area contributed by atoms with Gasteiger partial charge in [-0.3, -0.25) is 4.98 Å². The SMILES string of the molecule is Cc1ccc2ncc(-c3cnn4c(N)c(Br)c(C(C)NC(=O)N5CCOCC5CO)nc34)cc2c1. The van der Waals surface area contributed by atoms with Gasteiger partial charge in [-0.2, -0.15) is 9.61 Å². The molecule has 0 radical (unpaired) electrons. The molecular formula is C24H26BrN7O3. The monoisotopic (exact) mass is 539 g/mol. The van der Waals surface area contributed by atoms with Crippen LogP contribution in [0.25, 0.3) is 27.7 Å². The highest BCUT2D eigenvalue weighted by Gasteiger charge is 2.29. The second kappa shape index (κ2) is 9.40. The molecule has 0 saturated carbocycles. The van der Waals surface area contributed by atoms with E-state index in [1.54, 1.807) is 21.8 Å². The Morgan fingerprint density at radius 1 is 1.37 bits per heavy atom. The van der Waals surface area contributed by atoms with Gasteiger partial charge in [-0.05, 0) is 48.0 Å². The molecule has 4 N–H and O–H groups in total. The highest BCUT2D eigenvalue weighted by molar-refractivity contribution is 9.10. The molecule has 2 amide bonds. The molecule has 1 fully saturated rings. The number of ether oxygens (including phenoxy) is 1. The number of amides is 2. The predicted octanol–water partition coefficient (Wildman–Crippen LogP) is 3.06. The zero-order valence-corrected chi connectivity index (χ0v) is 21.0. The van der Waals surface area contributed by atoms with E-state index < -0.39 is 6.04 Å². The van der Waals surface area contributed by atoms with Crippen LogP contribution in [0.15, 0.2) is 41.1 Å². The standard InChI is InChI=1S/C24H26BrN7O3/c1-13-3-4-19-15(7-13)8-16(9-27-19)18-10-28-32-22(26)20(25)21(30-23(18)32)14(2)29-24(34)31-5-6-35-12-17(31)11-33/h3-4,7-10,14,17,33H,5-6,11-12,26H2,1-2H3,(H,29,34). The van der Waals surface area contributed by atoms with Crippen molar-refractivity contribution in [3.05, 3.63) is 52.4 Å². The molecule has 3 aromatic heterocycles. The van der Waals surface area contributed by atoms with Gasteiger partial charge in [-0.15, -0.1) is 0 Å². The molecule has 1 aromatic carbocycles. The van der Waals surface area contributed by atoms with Crippen LogP contribution < -0.4 is 11.1 Å². The lowest BCUT2D eigenvalue weighted by atomic mass is 10.1. The Balaban J connectivity index is 1.51. The number of halogens is 1. The minimum atomic E-state index is -0.466. The summed E-state index contributed by atoms with van der Waals surface area (Å²) in [6, 6.07) is 7.03. The second-order valence-electron chi connectivity index (χ2n) is 8.69. The Morgan fingerprint density at radius 2 is 2.20 bits per heavy atom. The van der Waals surface area contributed by atoms with Crippen LogP contribution in [0.1, 0.15) is 24.2 Å². The Bertz CT molecular complexity index is 1420. The first-order chi connectivity index (χ1) is 16.9. The van der Waals surface area contributed by atoms with Gasteiger partial charge in [-0.25, -0.2) is 9.78 Å². The number of aryl methyl sites for hydroxylation is 1. The summed E-state index contributed by atoms with van der Waals surface area (Å²) in [4.78, 5) is 24.0. The Morgan fingerprint density at radius 3 is 3.00 bits per heavy atom. The maximum Gasteiger partial charge on any atom is 0.318 e. The van der Waals surface area contributed by atoms with Gasteiger partial charge in [0.1, 0.15) is 5.82 Å². The van der Waals surface area contributed by atoms with E-state index in [1.807, 2.05) is 26.0 Å². The summed E-state index contributed by atoms with van der Waals surface area (Å²) < 4.78 is 7.50. The summed E-state index contributed by atoms with van der Waals surface area (Å²) in [7, 11) is 0. The lowest BCUT2D eigenvalue weighted by Crippen LogP contribution is -2.54. The van der Waals surface area contributed by atoms with Crippen molar-refractivity contribution in [1.82, 2.24) is 29.8 Å². The van der Waals surface area contributed by atoms with Crippen LogP contribution in [0.5, 0.6) is 0 Å². The molecular weight excluding hydrogens is 514 g/mol. The van der Waals surface area contributed by atoms with Gasteiger partial charge in [0.2, 0.25) is 0 Å². The number of hydrogen-bond donors (Lipinski definition) is 3. The van der Waals surface area contributed by atoms with Gasteiger partial charge in [0.15, 0.2) is 5.65 Å². The number of nitrogen functional groups attached to an aromatic ring is 1. The first-order valence-corrected chi connectivity index (χ1v) is 12.1. The van der Waals surface area contributed by atoms with Crippen molar-refractivity contribution in [3.8, 4) is 11.1 Å². The number of pyridine rings is 1. The van der Waals surface area contributed by atoms with Crippen LogP contribution in [0, 0.1) is 6.92 Å². The van der Waals surface area contributed by atoms with Crippen molar-refractivity contribution < 1.29 is 14.6 Å². The number of benzene rings is 1. The first-order valence-electron chi connectivity index (χ1n) is 11.3. The molecule has 2 atom stereocenters. The molecule has 35 heavy (non-hydrogen) atoms. The second-order valence-corrected chi connectivity index (χ2v) is 9.48. The molecule has 0 bridgehead atoms. The fourth-order valence-electron chi connectivity index (χ4n) is 4.31. The molecule has 0 spiro atoms. The third kappa shape index (κ3) is 4.30. The van der Waals surface area contributed by atoms with Crippen molar-refractivity contribution in [2.24, 2.45) is 0 Å². The fourth-order valence-corrected chi connectivity index (χ4v) is 4.91. The summed E-state index contributed by atoms with van der Waals surface area (Å²) in [5, 5.41) is 18.0. The summed E-state index contributed by atoms with van der Waals surface area (Å²) in [6.07, 6.45) is 3.52. The molecule has 182 valence electrons. The molecule has 1 saturated heterocycles. The van der Waals surface area contributed by atoms with Crippen molar-refractivity contribution in [2.75, 3.05) is 32.1 Å². The molecule has 5 rings (SSSR count). The number of carbonyl (C=O) groups excluding carboxylic acids is 1. The number of nitrogens with two attached hydrogens (primary N) is 1. The van der Waals surface area contributed by atoms with Gasteiger partial charge in [0.05, 0.1) is 53.8 Å². The minimum absolute atomic E-state index is 0.166. The van der Waals surface area contributed by atoms with Gasteiger partial charge in [-0.1, -0.05) is 11.6 Å². The number of hydrogen-bond acceptors (Lipinski definition) is 7. The summed E-state index contributed by atoms with van der Waals surface area (Å²) >= 11 is 3.53. The number of morpholine rings is 1. The van der Waals surface area contributed by atoms with Crippen LogP contribution in [0.3, 0.4) is 0 Å². The van der Waals surface area contributed by atoms with Gasteiger partial charge in [0, 0.05) is 29.3 Å². The number of anilines is 1. The normalized spacial score (nSPS) is 17.1. The Kier molecular flexibility index (Phi) is 6.30. The molecule has 2 unspecified atom stereocenters. The highest BCUT2D eigenvalue weighted by Crippen LogP contribution is 2.33. The number of aromatic nitrogens is 4. The van der Waals surface area contributed by atoms with Crippen LogP contribution >= 0.6 is 15.9 Å². The Labute approximate surface area is 210 Å². The van der Waals surface area contributed by atoms with Gasteiger partial charge in [0.25, 0.3) is 0 Å². The quantitative estimate of drug-likeness (QED) is 0.363. The van der Waals surface area contributed by atoms with E-state index in [0.717, 1.165) is 27.6 Å². The Hall–Kier alpha value is -3.28. The molecule has 1 aliphatic heterocycles. The minimum Gasteiger partial charge on any atom is -0.394 e. The fraction of sp³-hybridized carbons (Fsp3) is 0.333. The lowest BCUT2D eigenvalue weighted by molar-refractivity contribution is -0.00805. The summed E-state index contributed by atoms with van der Waals surface area (Å²) in [5.41, 5.74) is 11.3. The predicted molar refractivity (Wildman–Crippen MR) is 136 cm³/mol. The molecule has 4 aromatic rings. The van der Waals surface area contributed by atoms with Crippen LogP contribution in [-0.4, -0.2) is 68.0 Å². The van der Waals surface area contributed by atoms with Crippen molar-refractivity contribution >= 4 is 44.3 Å². The van der Waals surface area contributed by atoms with E-state index >= 15 is 0 Å². The smallest absolute Gasteiger partial charge is 0.318 e. The third-order valence-corrected chi connectivity index (χ3v) is 7.06. The summed E-state index contributed by atoms with van der Waals surface area (Å²) in [6.45, 7) is 4.85. The van der Waals surface area contributed by atoms with Crippen LogP contribution in [-0.2, 0) is 4.74 Å². The van der Waals surface area contributed by atoms with Crippen molar-refractivity contribution in [2.45, 2.75) is 25.9 Å². The van der Waals surface area contributed by atoms with E-state index in [1.165, 1.54) is 0 Å². The van der Waals surface area contributed by atoms with Crippen molar-refractivity contribution in [3.63, 3.8) is 0 Å². The topological polar surface area (TPSA) is 131 Å². The number of aliphatic hydroxyl groups excluding tert-OH is 1. The van der Waals surface area contributed by atoms with Crippen molar-refractivity contribution in [1.29, 1.82) is 0 Å². The number of nitrogens with one attached hydrogen (secondary N) is 1. The van der Waals surface area contributed by atoms with E-state index in [9.17, 15) is 9.90 Å². The largest absolute Gasteiger partial charge is 0.394 e. The average molecular weight is 540 g/mol. The lowest BCUT2D eigenvalue weighted by Gasteiger charge is -2.35. The van der Waals surface area contributed by atoms with E-state index in [-0.39, 0.29) is 18.7 Å². The van der Waals surface area contributed by atoms with E-state index in [2.05, 4.69) is 43.5 Å². The zero-order valence-electron chi connectivity index (χ0n) is 19.4. The van der Waals surface area contributed by atoms with Gasteiger partial charge >= 0.3 is 6.03 Å². The van der Waals surface area contributed by atoms with Gasteiger partial charge < -0.3 is 25.8 Å². The number of rotatable bonds is 4. The zero-order chi connectivity index (χ0) is 24.7. The van der Waals surface area contributed by atoms with E-state index in [4.69, 9.17) is 15.5 Å². The number of carbonyl (C=O) groups is 1. The third-order valence-electron chi connectivity index (χ3n) is 6.25. The van der Waals surface area contributed by atoms with E-state index in [0.29, 0.717) is 41.4 Å². The molecule has 0 aliphatic carbocycles. The molecule has 10 nitrogen and oxygen atoms in total. The highest BCUT2D eigenvalue weighted by atomic mass is 79.9. The number of nitrogens with zero attached hydrogens (tertiary/aromatic N) is 5. The summed E-state index contributed by atoms with van der Waals surface area (Å²) in [5.74, 6) is 0.376. The van der Waals surface area contributed by atoms with Crippen LogP contribution in [0.2, 0.25) is 0 Å². The number of urea groups is 1. The molecule has 1 aliphatic rings. The maximum absolute atomic E-state index is 12.9. The number of aliphatic hydroxyl groups is 1. The van der Waals surface area contributed by atoms with Crippen LogP contribution in [0.4, 0.5) is 10.6 Å². The average Bonchev–Trinajstić information content (AvgIpc) is 3.29. The first kappa shape index (κ1) is 23.5. The number of fused-ring (bicyclic) bond motifs is 2. The maximum atomic E-state index is 12.9.